The van der Waals surface area contributed by atoms with Crippen LogP contribution in [0.3, 0.4) is 0 Å². The molecule has 0 fully saturated rings. The van der Waals surface area contributed by atoms with Crippen LogP contribution in [0, 0.1) is 0 Å². The van der Waals surface area contributed by atoms with Gasteiger partial charge in [-0.05, 0) is 33.8 Å². The van der Waals surface area contributed by atoms with Gasteiger partial charge < -0.3 is 0 Å². The third-order valence-corrected chi connectivity index (χ3v) is 2.76. The van der Waals surface area contributed by atoms with E-state index in [2.05, 4.69) is 9.97 Å². The van der Waals surface area contributed by atoms with Gasteiger partial charge in [0.25, 0.3) is 0 Å². The van der Waals surface area contributed by atoms with E-state index in [1.165, 1.54) is 18.5 Å². The Labute approximate surface area is 89.3 Å². The summed E-state index contributed by atoms with van der Waals surface area (Å²) in [5, 5.41) is -4.69. The fourth-order valence-electron chi connectivity index (χ4n) is 0.511. The molecular formula is C6H3BrF4N2S. The molecule has 1 aromatic heterocycles. The van der Waals surface area contributed by atoms with Gasteiger partial charge >= 0.3 is 10.1 Å². The average molecular weight is 291 g/mol. The van der Waals surface area contributed by atoms with Crippen molar-refractivity contribution in [2.45, 2.75) is 15.2 Å². The van der Waals surface area contributed by atoms with Crippen LogP contribution < -0.4 is 0 Å². The van der Waals surface area contributed by atoms with Crippen molar-refractivity contribution in [3.63, 3.8) is 0 Å². The smallest absolute Gasteiger partial charge is 0.231 e. The Morgan fingerprint density at radius 3 is 2.07 bits per heavy atom. The van der Waals surface area contributed by atoms with Crippen LogP contribution in [0.5, 0.6) is 0 Å². The fraction of sp³-hybridized carbons (Fsp3) is 0.333. The Bertz CT molecular complexity index is 302. The van der Waals surface area contributed by atoms with Crippen LogP contribution in [0.15, 0.2) is 23.6 Å². The second-order valence-electron chi connectivity index (χ2n) is 2.15. The van der Waals surface area contributed by atoms with E-state index < -0.39 is 27.0 Å². The standard InChI is InChI=1S/C6H3BrF4N2S/c7-5(8,9)6(10,11)14-4-12-2-1-3-13-4/h1-3H. The summed E-state index contributed by atoms with van der Waals surface area (Å²) in [7, 11) is 0. The molecule has 78 valence electrons. The quantitative estimate of drug-likeness (QED) is 0.370. The highest BCUT2D eigenvalue weighted by Crippen LogP contribution is 2.48. The molecule has 0 spiro atoms. The van der Waals surface area contributed by atoms with Crippen molar-refractivity contribution in [2.24, 2.45) is 0 Å². The molecule has 0 aromatic carbocycles. The Hall–Kier alpha value is -0.370. The first-order chi connectivity index (χ1) is 6.33. The van der Waals surface area contributed by atoms with Gasteiger partial charge in [0.05, 0.1) is 0 Å². The third-order valence-electron chi connectivity index (χ3n) is 1.09. The lowest BCUT2D eigenvalue weighted by Crippen LogP contribution is -2.31. The van der Waals surface area contributed by atoms with E-state index in [1.807, 2.05) is 0 Å². The number of thioether (sulfide) groups is 1. The molecule has 0 saturated heterocycles. The molecule has 0 amide bonds. The highest BCUT2D eigenvalue weighted by atomic mass is 79.9. The molecule has 0 radical (unpaired) electrons. The summed E-state index contributed by atoms with van der Waals surface area (Å²) in [4.78, 5) is 2.50. The zero-order chi connectivity index (χ0) is 10.8. The van der Waals surface area contributed by atoms with Crippen LogP contribution in [0.2, 0.25) is 0 Å². The zero-order valence-electron chi connectivity index (χ0n) is 6.42. The summed E-state index contributed by atoms with van der Waals surface area (Å²) in [6, 6.07) is 1.40. The van der Waals surface area contributed by atoms with Crippen molar-refractivity contribution in [2.75, 3.05) is 0 Å². The Kier molecular flexibility index (Phi) is 3.36. The van der Waals surface area contributed by atoms with Crippen LogP contribution in [0.25, 0.3) is 0 Å². The van der Waals surface area contributed by atoms with Gasteiger partial charge in [-0.15, -0.1) is 0 Å². The minimum Gasteiger partial charge on any atom is -0.231 e. The molecule has 1 heterocycles. The number of hydrogen-bond donors (Lipinski definition) is 0. The molecule has 0 aliphatic heterocycles. The lowest BCUT2D eigenvalue weighted by molar-refractivity contribution is -0.0781. The van der Waals surface area contributed by atoms with Crippen molar-refractivity contribution in [1.82, 2.24) is 9.97 Å². The van der Waals surface area contributed by atoms with Gasteiger partial charge in [-0.1, -0.05) is 0 Å². The summed E-state index contributed by atoms with van der Waals surface area (Å²) in [6.07, 6.45) is 2.38. The summed E-state index contributed by atoms with van der Waals surface area (Å²) in [6.45, 7) is 0. The van der Waals surface area contributed by atoms with E-state index in [-0.39, 0.29) is 0 Å². The molecule has 0 bridgehead atoms. The molecule has 0 aliphatic carbocycles. The SMILES string of the molecule is FC(F)(Br)C(F)(F)Sc1ncccn1. The van der Waals surface area contributed by atoms with Crippen LogP contribution in [0.4, 0.5) is 17.6 Å². The second kappa shape index (κ2) is 4.01. The van der Waals surface area contributed by atoms with Gasteiger partial charge in [0.15, 0.2) is 5.16 Å². The summed E-state index contributed by atoms with van der Waals surface area (Å²) in [5.74, 6) is 0. The molecule has 0 unspecified atom stereocenters. The second-order valence-corrected chi connectivity index (χ2v) is 4.23. The third kappa shape index (κ3) is 2.81. The largest absolute Gasteiger partial charge is 0.373 e. The van der Waals surface area contributed by atoms with Crippen LogP contribution in [0.1, 0.15) is 0 Å². The van der Waals surface area contributed by atoms with E-state index in [9.17, 15) is 17.6 Å². The van der Waals surface area contributed by atoms with E-state index >= 15 is 0 Å². The van der Waals surface area contributed by atoms with Gasteiger partial charge in [0.1, 0.15) is 0 Å². The number of alkyl halides is 5. The van der Waals surface area contributed by atoms with Crippen molar-refractivity contribution < 1.29 is 17.6 Å². The van der Waals surface area contributed by atoms with Crippen molar-refractivity contribution in [3.05, 3.63) is 18.5 Å². The predicted octanol–water partition coefficient (Wildman–Crippen LogP) is 3.15. The molecular weight excluding hydrogens is 288 g/mol. The zero-order valence-corrected chi connectivity index (χ0v) is 8.83. The Morgan fingerprint density at radius 1 is 1.14 bits per heavy atom. The minimum absolute atomic E-state index is 0.400. The lowest BCUT2D eigenvalue weighted by Gasteiger charge is -2.19. The van der Waals surface area contributed by atoms with Crippen molar-refractivity contribution >= 4 is 27.7 Å². The molecule has 0 N–H and O–H groups in total. The highest BCUT2D eigenvalue weighted by molar-refractivity contribution is 9.10. The first-order valence-electron chi connectivity index (χ1n) is 3.23. The van der Waals surface area contributed by atoms with Crippen molar-refractivity contribution in [3.8, 4) is 0 Å². The maximum absolute atomic E-state index is 12.7. The topological polar surface area (TPSA) is 25.8 Å². The maximum atomic E-state index is 12.7. The van der Waals surface area contributed by atoms with Gasteiger partial charge in [-0.2, -0.15) is 17.6 Å². The molecule has 14 heavy (non-hydrogen) atoms. The number of hydrogen-bond acceptors (Lipinski definition) is 3. The molecule has 2 nitrogen and oxygen atoms in total. The summed E-state index contributed by atoms with van der Waals surface area (Å²) in [5.41, 5.74) is 0. The fourth-order valence-corrected chi connectivity index (χ4v) is 1.33. The van der Waals surface area contributed by atoms with Gasteiger partial charge in [0.2, 0.25) is 0 Å². The van der Waals surface area contributed by atoms with E-state index in [4.69, 9.17) is 0 Å². The minimum atomic E-state index is -4.29. The molecule has 8 heteroatoms. The average Bonchev–Trinajstić information content (AvgIpc) is 2.03. The first-order valence-corrected chi connectivity index (χ1v) is 4.84. The van der Waals surface area contributed by atoms with Crippen LogP contribution in [-0.2, 0) is 0 Å². The predicted molar refractivity (Wildman–Crippen MR) is 46.7 cm³/mol. The van der Waals surface area contributed by atoms with E-state index in [0.29, 0.717) is 0 Å². The number of nitrogens with zero attached hydrogens (tertiary/aromatic N) is 2. The van der Waals surface area contributed by atoms with E-state index in [1.54, 1.807) is 15.9 Å². The first kappa shape index (κ1) is 11.7. The maximum Gasteiger partial charge on any atom is 0.373 e. The summed E-state index contributed by atoms with van der Waals surface area (Å²) < 4.78 is 50.0. The van der Waals surface area contributed by atoms with Gasteiger partial charge in [-0.3, -0.25) is 0 Å². The van der Waals surface area contributed by atoms with Gasteiger partial charge in [-0.25, -0.2) is 9.97 Å². The number of halogens is 5. The Morgan fingerprint density at radius 2 is 1.64 bits per heavy atom. The molecule has 0 atom stereocenters. The normalized spacial score (nSPS) is 12.9. The van der Waals surface area contributed by atoms with E-state index in [0.717, 1.165) is 0 Å². The molecule has 1 aromatic rings. The van der Waals surface area contributed by atoms with Crippen LogP contribution in [-0.4, -0.2) is 20.1 Å². The number of aromatic nitrogens is 2. The lowest BCUT2D eigenvalue weighted by atomic mass is 10.7. The monoisotopic (exact) mass is 290 g/mol. The Balaban J connectivity index is 2.79. The van der Waals surface area contributed by atoms with Gasteiger partial charge in [0, 0.05) is 12.4 Å². The number of rotatable bonds is 3. The highest BCUT2D eigenvalue weighted by Gasteiger charge is 2.56. The molecule has 1 rings (SSSR count). The summed E-state index contributed by atoms with van der Waals surface area (Å²) >= 11 is 1.20. The van der Waals surface area contributed by atoms with Crippen LogP contribution >= 0.6 is 27.7 Å². The molecule has 0 aliphatic rings. The molecule has 0 saturated carbocycles. The van der Waals surface area contributed by atoms with Crippen molar-refractivity contribution in [1.29, 1.82) is 0 Å².